The standard InChI is InChI=1S/C12H17IO3S/c1-9-5-3-6-10(12(9)13)11(14)7-4-8-17(2,15)16/h3,5-6,11,14H,4,7-8H2,1-2H3. The number of rotatable bonds is 5. The molecule has 0 amide bonds. The summed E-state index contributed by atoms with van der Waals surface area (Å²) in [5, 5.41) is 10.0. The van der Waals surface area contributed by atoms with E-state index in [0.29, 0.717) is 12.8 Å². The third-order valence-electron chi connectivity index (χ3n) is 2.57. The van der Waals surface area contributed by atoms with E-state index in [1.807, 2.05) is 25.1 Å². The van der Waals surface area contributed by atoms with Gasteiger partial charge < -0.3 is 5.11 Å². The van der Waals surface area contributed by atoms with Crippen LogP contribution in [0.4, 0.5) is 0 Å². The largest absolute Gasteiger partial charge is 0.388 e. The summed E-state index contributed by atoms with van der Waals surface area (Å²) >= 11 is 2.21. The van der Waals surface area contributed by atoms with Crippen LogP contribution >= 0.6 is 22.6 Å². The van der Waals surface area contributed by atoms with Gasteiger partial charge >= 0.3 is 0 Å². The molecule has 3 nitrogen and oxygen atoms in total. The summed E-state index contributed by atoms with van der Waals surface area (Å²) in [6, 6.07) is 5.79. The Morgan fingerprint density at radius 1 is 1.41 bits per heavy atom. The number of hydrogen-bond acceptors (Lipinski definition) is 3. The molecule has 0 aromatic heterocycles. The molecule has 0 aliphatic carbocycles. The van der Waals surface area contributed by atoms with Crippen LogP contribution in [0.2, 0.25) is 0 Å². The quantitative estimate of drug-likeness (QED) is 0.813. The Labute approximate surface area is 116 Å². The fraction of sp³-hybridized carbons (Fsp3) is 0.500. The van der Waals surface area contributed by atoms with Gasteiger partial charge in [0.1, 0.15) is 9.84 Å². The monoisotopic (exact) mass is 368 g/mol. The molecule has 0 aliphatic rings. The highest BCUT2D eigenvalue weighted by Crippen LogP contribution is 2.25. The average Bonchev–Trinajstić information content (AvgIpc) is 2.20. The molecule has 0 fully saturated rings. The van der Waals surface area contributed by atoms with Gasteiger partial charge in [-0.05, 0) is 53.5 Å². The van der Waals surface area contributed by atoms with Gasteiger partial charge in [0.05, 0.1) is 6.10 Å². The first-order chi connectivity index (χ1) is 7.81. The highest BCUT2D eigenvalue weighted by molar-refractivity contribution is 14.1. The highest BCUT2D eigenvalue weighted by atomic mass is 127. The fourth-order valence-electron chi connectivity index (χ4n) is 1.62. The number of hydrogen-bond donors (Lipinski definition) is 1. The van der Waals surface area contributed by atoms with E-state index >= 15 is 0 Å². The number of halogens is 1. The summed E-state index contributed by atoms with van der Waals surface area (Å²) in [5.74, 6) is 0.131. The van der Waals surface area contributed by atoms with Crippen LogP contribution in [0.1, 0.15) is 30.1 Å². The lowest BCUT2D eigenvalue weighted by atomic mass is 10.0. The van der Waals surface area contributed by atoms with Crippen LogP contribution < -0.4 is 0 Å². The molecule has 1 atom stereocenters. The second kappa shape index (κ2) is 6.15. The van der Waals surface area contributed by atoms with Crippen molar-refractivity contribution in [3.63, 3.8) is 0 Å². The first-order valence-electron chi connectivity index (χ1n) is 5.42. The number of sulfone groups is 1. The Morgan fingerprint density at radius 3 is 2.65 bits per heavy atom. The van der Waals surface area contributed by atoms with E-state index in [0.717, 1.165) is 14.7 Å². The van der Waals surface area contributed by atoms with Gasteiger partial charge in [0.15, 0.2) is 0 Å². The van der Waals surface area contributed by atoms with E-state index in [2.05, 4.69) is 22.6 Å². The van der Waals surface area contributed by atoms with Crippen LogP contribution in [-0.2, 0) is 9.84 Å². The molecular formula is C12H17IO3S. The fourth-order valence-corrected chi connectivity index (χ4v) is 3.03. The molecule has 5 heteroatoms. The number of aliphatic hydroxyl groups is 1. The topological polar surface area (TPSA) is 54.4 Å². The van der Waals surface area contributed by atoms with Crippen molar-refractivity contribution < 1.29 is 13.5 Å². The van der Waals surface area contributed by atoms with Gasteiger partial charge in [-0.25, -0.2) is 8.42 Å². The minimum atomic E-state index is -2.93. The van der Waals surface area contributed by atoms with E-state index in [9.17, 15) is 13.5 Å². The molecule has 0 aliphatic heterocycles. The van der Waals surface area contributed by atoms with Gasteiger partial charge in [-0.2, -0.15) is 0 Å². The summed E-state index contributed by atoms with van der Waals surface area (Å²) in [4.78, 5) is 0. The Morgan fingerprint density at radius 2 is 2.06 bits per heavy atom. The van der Waals surface area contributed by atoms with Crippen LogP contribution in [0.5, 0.6) is 0 Å². The minimum Gasteiger partial charge on any atom is -0.388 e. The van der Waals surface area contributed by atoms with E-state index in [1.54, 1.807) is 0 Å². The molecule has 0 saturated carbocycles. The molecule has 0 saturated heterocycles. The SMILES string of the molecule is Cc1cccc(C(O)CCCS(C)(=O)=O)c1I. The third-order valence-corrected chi connectivity index (χ3v) is 5.08. The first kappa shape index (κ1) is 14.9. The van der Waals surface area contributed by atoms with Crippen LogP contribution in [0.15, 0.2) is 18.2 Å². The second-order valence-corrected chi connectivity index (χ2v) is 7.60. The van der Waals surface area contributed by atoms with Crippen LogP contribution in [0, 0.1) is 10.5 Å². The second-order valence-electron chi connectivity index (χ2n) is 4.27. The lowest BCUT2D eigenvalue weighted by molar-refractivity contribution is 0.166. The molecule has 1 unspecified atom stereocenters. The van der Waals surface area contributed by atoms with E-state index < -0.39 is 15.9 Å². The molecule has 0 bridgehead atoms. The number of benzene rings is 1. The maximum atomic E-state index is 11.0. The molecule has 17 heavy (non-hydrogen) atoms. The van der Waals surface area contributed by atoms with Crippen molar-refractivity contribution >= 4 is 32.4 Å². The molecule has 1 rings (SSSR count). The molecular weight excluding hydrogens is 351 g/mol. The normalized spacial score (nSPS) is 13.6. The van der Waals surface area contributed by atoms with Crippen molar-refractivity contribution in [3.05, 3.63) is 32.9 Å². The van der Waals surface area contributed by atoms with Gasteiger partial charge in [0.25, 0.3) is 0 Å². The summed E-state index contributed by atoms with van der Waals surface area (Å²) in [7, 11) is -2.93. The average molecular weight is 368 g/mol. The van der Waals surface area contributed by atoms with Gasteiger partial charge in [0.2, 0.25) is 0 Å². The van der Waals surface area contributed by atoms with Gasteiger partial charge in [-0.3, -0.25) is 0 Å². The van der Waals surface area contributed by atoms with Crippen molar-refractivity contribution in [1.29, 1.82) is 0 Å². The lowest BCUT2D eigenvalue weighted by Crippen LogP contribution is -2.07. The molecule has 1 aromatic rings. The van der Waals surface area contributed by atoms with Crippen molar-refractivity contribution in [2.24, 2.45) is 0 Å². The van der Waals surface area contributed by atoms with Crippen molar-refractivity contribution in [2.75, 3.05) is 12.0 Å². The summed E-state index contributed by atoms with van der Waals surface area (Å²) in [6.45, 7) is 1.99. The summed E-state index contributed by atoms with van der Waals surface area (Å²) < 4.78 is 23.0. The Balaban J connectivity index is 2.64. The zero-order chi connectivity index (χ0) is 13.1. The third kappa shape index (κ3) is 4.93. The van der Waals surface area contributed by atoms with Crippen molar-refractivity contribution in [1.82, 2.24) is 0 Å². The van der Waals surface area contributed by atoms with E-state index in [4.69, 9.17) is 0 Å². The zero-order valence-electron chi connectivity index (χ0n) is 9.98. The Hall–Kier alpha value is -0.140. The maximum absolute atomic E-state index is 11.0. The number of aryl methyl sites for hydroxylation is 1. The smallest absolute Gasteiger partial charge is 0.147 e. The zero-order valence-corrected chi connectivity index (χ0v) is 13.0. The molecule has 1 N–H and O–H groups in total. The highest BCUT2D eigenvalue weighted by Gasteiger charge is 2.13. The van der Waals surface area contributed by atoms with Crippen molar-refractivity contribution in [3.8, 4) is 0 Å². The minimum absolute atomic E-state index is 0.131. The van der Waals surface area contributed by atoms with Crippen LogP contribution in [-0.4, -0.2) is 25.5 Å². The summed E-state index contributed by atoms with van der Waals surface area (Å²) in [5.41, 5.74) is 2.02. The van der Waals surface area contributed by atoms with Gasteiger partial charge in [-0.1, -0.05) is 18.2 Å². The Bertz CT molecular complexity index is 483. The first-order valence-corrected chi connectivity index (χ1v) is 8.56. The van der Waals surface area contributed by atoms with Gasteiger partial charge in [0, 0.05) is 15.6 Å². The molecule has 96 valence electrons. The summed E-state index contributed by atoms with van der Waals surface area (Å²) in [6.07, 6.45) is 1.61. The molecule has 1 aromatic carbocycles. The predicted octanol–water partition coefficient (Wildman–Crippen LogP) is 2.46. The molecule has 0 radical (unpaired) electrons. The van der Waals surface area contributed by atoms with Crippen LogP contribution in [0.3, 0.4) is 0 Å². The number of aliphatic hydroxyl groups excluding tert-OH is 1. The maximum Gasteiger partial charge on any atom is 0.147 e. The lowest BCUT2D eigenvalue weighted by Gasteiger charge is -2.13. The van der Waals surface area contributed by atoms with Crippen LogP contribution in [0.25, 0.3) is 0 Å². The van der Waals surface area contributed by atoms with Crippen molar-refractivity contribution in [2.45, 2.75) is 25.9 Å². The Kier molecular flexibility index (Phi) is 5.40. The molecule has 0 heterocycles. The van der Waals surface area contributed by atoms with Gasteiger partial charge in [-0.15, -0.1) is 0 Å². The van der Waals surface area contributed by atoms with E-state index in [1.165, 1.54) is 6.26 Å². The van der Waals surface area contributed by atoms with E-state index in [-0.39, 0.29) is 5.75 Å². The predicted molar refractivity (Wildman–Crippen MR) is 77.8 cm³/mol. The molecule has 0 spiro atoms.